The number of amides is 2. The lowest BCUT2D eigenvalue weighted by Gasteiger charge is -2.20. The molecule has 0 aliphatic carbocycles. The maximum absolute atomic E-state index is 12.7. The summed E-state index contributed by atoms with van der Waals surface area (Å²) in [5.41, 5.74) is 4.57. The number of para-hydroxylation sites is 1. The van der Waals surface area contributed by atoms with Crippen LogP contribution < -0.4 is 15.5 Å². The smallest absolute Gasteiger partial charge is 0.262 e. The summed E-state index contributed by atoms with van der Waals surface area (Å²) in [4.78, 5) is 25.2. The Balaban J connectivity index is 1.63. The number of hydrogen-bond acceptors (Lipinski definition) is 4. The Morgan fingerprint density at radius 1 is 0.970 bits per heavy atom. The van der Waals surface area contributed by atoms with Crippen LogP contribution in [0.2, 0.25) is 5.02 Å². The average molecular weight is 464 g/mol. The Labute approximate surface area is 198 Å². The maximum atomic E-state index is 12.7. The van der Waals surface area contributed by atoms with Gasteiger partial charge in [-0.2, -0.15) is 5.10 Å². The Morgan fingerprint density at radius 3 is 2.36 bits per heavy atom. The van der Waals surface area contributed by atoms with Gasteiger partial charge in [-0.25, -0.2) is 5.43 Å². The zero-order chi connectivity index (χ0) is 23.6. The molecule has 0 saturated heterocycles. The van der Waals surface area contributed by atoms with Gasteiger partial charge in [0.25, 0.3) is 11.8 Å². The van der Waals surface area contributed by atoms with Crippen molar-refractivity contribution in [2.45, 2.75) is 26.5 Å². The van der Waals surface area contributed by atoms with Gasteiger partial charge in [0, 0.05) is 21.7 Å². The van der Waals surface area contributed by atoms with Gasteiger partial charge in [0.15, 0.2) is 0 Å². The van der Waals surface area contributed by atoms with Crippen molar-refractivity contribution in [2.24, 2.45) is 11.0 Å². The highest BCUT2D eigenvalue weighted by molar-refractivity contribution is 6.31. The summed E-state index contributed by atoms with van der Waals surface area (Å²) >= 11 is 6.20. The van der Waals surface area contributed by atoms with E-state index in [2.05, 4.69) is 15.8 Å². The second kappa shape index (κ2) is 11.8. The summed E-state index contributed by atoms with van der Waals surface area (Å²) in [5, 5.41) is 7.48. The molecule has 0 aliphatic rings. The molecule has 3 aromatic carbocycles. The van der Waals surface area contributed by atoms with Crippen LogP contribution in [0.1, 0.15) is 35.3 Å². The molecule has 0 spiro atoms. The minimum Gasteiger partial charge on any atom is -0.488 e. The highest BCUT2D eigenvalue weighted by Crippen LogP contribution is 2.21. The summed E-state index contributed by atoms with van der Waals surface area (Å²) in [5.74, 6) is -0.237. The molecule has 0 aliphatic heterocycles. The van der Waals surface area contributed by atoms with Crippen molar-refractivity contribution in [3.05, 3.63) is 101 Å². The summed E-state index contributed by atoms with van der Waals surface area (Å²) in [7, 11) is 0. The van der Waals surface area contributed by atoms with Gasteiger partial charge in [0.05, 0.1) is 6.21 Å². The van der Waals surface area contributed by atoms with Gasteiger partial charge in [-0.15, -0.1) is 0 Å². The largest absolute Gasteiger partial charge is 0.488 e. The summed E-state index contributed by atoms with van der Waals surface area (Å²) < 4.78 is 5.90. The topological polar surface area (TPSA) is 79.8 Å². The molecule has 33 heavy (non-hydrogen) atoms. The van der Waals surface area contributed by atoms with Crippen LogP contribution >= 0.6 is 11.6 Å². The molecule has 1 unspecified atom stereocenters. The summed E-state index contributed by atoms with van der Waals surface area (Å²) in [6.07, 6.45) is 1.51. The lowest BCUT2D eigenvalue weighted by atomic mass is 10.0. The van der Waals surface area contributed by atoms with Crippen LogP contribution in [-0.2, 0) is 11.4 Å². The van der Waals surface area contributed by atoms with Gasteiger partial charge in [0.1, 0.15) is 18.4 Å². The van der Waals surface area contributed by atoms with E-state index in [-0.39, 0.29) is 11.8 Å². The molecule has 3 rings (SSSR count). The molecule has 6 nitrogen and oxygen atoms in total. The molecule has 1 atom stereocenters. The average Bonchev–Trinajstić information content (AvgIpc) is 2.83. The SMILES string of the molecule is CC(C)C(NC(=O)c1ccccc1)C(=O)N/N=C/c1ccccc1OCc1ccccc1Cl. The molecule has 0 aromatic heterocycles. The molecular formula is C26H26ClN3O3. The van der Waals surface area contributed by atoms with Gasteiger partial charge >= 0.3 is 0 Å². The van der Waals surface area contributed by atoms with Crippen molar-refractivity contribution < 1.29 is 14.3 Å². The number of benzene rings is 3. The fraction of sp³-hybridized carbons (Fsp3) is 0.192. The number of nitrogens with one attached hydrogen (secondary N) is 2. The number of nitrogens with zero attached hydrogens (tertiary/aromatic N) is 1. The number of carbonyl (C=O) groups excluding carboxylic acids is 2. The first-order valence-electron chi connectivity index (χ1n) is 10.6. The molecule has 0 heterocycles. The van der Waals surface area contributed by atoms with E-state index in [1.54, 1.807) is 24.3 Å². The molecule has 0 radical (unpaired) electrons. The number of ether oxygens (including phenoxy) is 1. The Morgan fingerprint density at radius 2 is 1.64 bits per heavy atom. The van der Waals surface area contributed by atoms with Crippen LogP contribution in [0.5, 0.6) is 5.75 Å². The third kappa shape index (κ3) is 6.92. The van der Waals surface area contributed by atoms with Gasteiger partial charge in [-0.3, -0.25) is 9.59 Å². The van der Waals surface area contributed by atoms with Crippen LogP contribution in [0.3, 0.4) is 0 Å². The summed E-state index contributed by atoms with van der Waals surface area (Å²) in [6.45, 7) is 4.02. The zero-order valence-electron chi connectivity index (χ0n) is 18.5. The third-order valence-corrected chi connectivity index (χ3v) is 5.28. The van der Waals surface area contributed by atoms with Crippen molar-refractivity contribution in [1.29, 1.82) is 0 Å². The van der Waals surface area contributed by atoms with Gasteiger partial charge in [0.2, 0.25) is 0 Å². The number of rotatable bonds is 9. The van der Waals surface area contributed by atoms with Gasteiger partial charge < -0.3 is 10.1 Å². The van der Waals surface area contributed by atoms with E-state index >= 15 is 0 Å². The zero-order valence-corrected chi connectivity index (χ0v) is 19.3. The molecule has 3 aromatic rings. The Hall–Kier alpha value is -3.64. The van der Waals surface area contributed by atoms with E-state index in [1.807, 2.05) is 68.4 Å². The van der Waals surface area contributed by atoms with Crippen molar-refractivity contribution in [3.63, 3.8) is 0 Å². The maximum Gasteiger partial charge on any atom is 0.262 e. The summed E-state index contributed by atoms with van der Waals surface area (Å²) in [6, 6.07) is 22.8. The first-order valence-corrected chi connectivity index (χ1v) is 11.0. The van der Waals surface area contributed by atoms with E-state index < -0.39 is 11.9 Å². The fourth-order valence-corrected chi connectivity index (χ4v) is 3.26. The predicted molar refractivity (Wildman–Crippen MR) is 130 cm³/mol. The molecule has 2 amide bonds. The van der Waals surface area contributed by atoms with E-state index in [0.29, 0.717) is 28.5 Å². The molecule has 170 valence electrons. The van der Waals surface area contributed by atoms with Crippen molar-refractivity contribution in [2.75, 3.05) is 0 Å². The van der Waals surface area contributed by atoms with Crippen molar-refractivity contribution in [1.82, 2.24) is 10.7 Å². The van der Waals surface area contributed by atoms with Crippen LogP contribution in [0.4, 0.5) is 0 Å². The lowest BCUT2D eigenvalue weighted by Crippen LogP contribution is -2.48. The van der Waals surface area contributed by atoms with E-state index in [4.69, 9.17) is 16.3 Å². The number of carbonyl (C=O) groups is 2. The van der Waals surface area contributed by atoms with Crippen LogP contribution in [0, 0.1) is 5.92 Å². The monoisotopic (exact) mass is 463 g/mol. The van der Waals surface area contributed by atoms with Crippen LogP contribution in [0.15, 0.2) is 84.0 Å². The number of hydrazone groups is 1. The molecular weight excluding hydrogens is 438 g/mol. The number of halogens is 1. The second-order valence-electron chi connectivity index (χ2n) is 7.71. The first-order chi connectivity index (χ1) is 16.0. The van der Waals surface area contributed by atoms with Crippen molar-refractivity contribution >= 4 is 29.6 Å². The number of hydrogen-bond donors (Lipinski definition) is 2. The Bertz CT molecular complexity index is 1120. The van der Waals surface area contributed by atoms with Gasteiger partial charge in [-0.1, -0.05) is 74.0 Å². The normalized spacial score (nSPS) is 11.9. The van der Waals surface area contributed by atoms with E-state index in [1.165, 1.54) is 6.21 Å². The first kappa shape index (κ1) is 24.0. The Kier molecular flexibility index (Phi) is 8.61. The predicted octanol–water partition coefficient (Wildman–Crippen LogP) is 4.82. The minimum absolute atomic E-state index is 0.126. The van der Waals surface area contributed by atoms with Crippen LogP contribution in [-0.4, -0.2) is 24.1 Å². The van der Waals surface area contributed by atoms with Crippen molar-refractivity contribution in [3.8, 4) is 5.75 Å². The fourth-order valence-electron chi connectivity index (χ4n) is 3.07. The van der Waals surface area contributed by atoms with Crippen LogP contribution in [0.25, 0.3) is 0 Å². The minimum atomic E-state index is -0.735. The highest BCUT2D eigenvalue weighted by atomic mass is 35.5. The van der Waals surface area contributed by atoms with E-state index in [0.717, 1.165) is 5.56 Å². The highest BCUT2D eigenvalue weighted by Gasteiger charge is 2.24. The molecule has 0 bridgehead atoms. The second-order valence-corrected chi connectivity index (χ2v) is 8.12. The van der Waals surface area contributed by atoms with Gasteiger partial charge in [-0.05, 0) is 36.2 Å². The molecule has 0 fully saturated rings. The molecule has 0 saturated carbocycles. The molecule has 7 heteroatoms. The quantitative estimate of drug-likeness (QED) is 0.352. The lowest BCUT2D eigenvalue weighted by molar-refractivity contribution is -0.123. The molecule has 2 N–H and O–H groups in total. The third-order valence-electron chi connectivity index (χ3n) is 4.91. The standard InChI is InChI=1S/C26H26ClN3O3/c1-18(2)24(29-25(31)19-10-4-3-5-11-19)26(32)30-28-16-20-12-7-9-15-23(20)33-17-21-13-6-8-14-22(21)27/h3-16,18,24H,17H2,1-2H3,(H,29,31)(H,30,32)/b28-16+. The van der Waals surface area contributed by atoms with E-state index in [9.17, 15) is 9.59 Å².